The molecule has 18 rings (SSSR count). The first-order chi connectivity index (χ1) is 37.1. The van der Waals surface area contributed by atoms with Crippen molar-refractivity contribution < 1.29 is 0 Å². The molecular weight excluding hydrogens is 903 g/mol. The maximum absolute atomic E-state index is 2.56. The average molecular weight is 944 g/mol. The number of nitrogens with zero attached hydrogens (tertiary/aromatic N) is 1. The molecule has 17 aromatic carbocycles. The number of rotatable bonds is 5. The van der Waals surface area contributed by atoms with Crippen molar-refractivity contribution in [2.45, 2.75) is 0 Å². The van der Waals surface area contributed by atoms with Crippen molar-refractivity contribution in [3.63, 3.8) is 0 Å². The van der Waals surface area contributed by atoms with E-state index >= 15 is 0 Å². The van der Waals surface area contributed by atoms with Crippen LogP contribution in [-0.4, -0.2) is 4.57 Å². The van der Waals surface area contributed by atoms with E-state index < -0.39 is 0 Å². The fourth-order valence-electron chi connectivity index (χ4n) is 13.8. The molecular formula is C74H41N. The first-order valence-electron chi connectivity index (χ1n) is 26.2. The number of aromatic nitrogens is 1. The fourth-order valence-corrected chi connectivity index (χ4v) is 13.8. The summed E-state index contributed by atoms with van der Waals surface area (Å²) in [5, 5.41) is 28.6. The van der Waals surface area contributed by atoms with Gasteiger partial charge in [0.25, 0.3) is 0 Å². The smallest absolute Gasteiger partial charge is 0.0553 e. The molecule has 1 heteroatoms. The van der Waals surface area contributed by atoms with Gasteiger partial charge >= 0.3 is 0 Å². The standard InChI is InChI=1S/C74H41N/c1-4-46-18-24-52-32-60(33-53-25-19-47(5-1)67(46)70(52)53)42-10-14-44(15-11-42)62-36-56-30-31-57-37-63(45-16-12-43(13-17-45)61-34-54-26-20-48-6-2-7-49-21-27-55(35-61)71(54)68(48)49)41-66-74(57)73(56)65(40-62)75(66)64-38-58-28-22-50-8-3-9-51-23-29-59(39-64)72(58)69(50)51/h1-41H. The SMILES string of the molecule is c1cc2ccc3cc(-c4ccc(-c5cc6ccc7cc(-c8ccc(-c9cc%10ccc%11cccc%12ccc(c9)c%10c%11%12)cc8)cc8c7c6c(c5)n8-c5cc6ccc7cccc8ccc(c5)c6c78)cc4)cc4ccc(c1)c2c34. The van der Waals surface area contributed by atoms with E-state index in [0.717, 1.165) is 0 Å². The summed E-state index contributed by atoms with van der Waals surface area (Å²) in [4.78, 5) is 0. The summed E-state index contributed by atoms with van der Waals surface area (Å²) < 4.78 is 2.56. The molecule has 0 aliphatic rings. The van der Waals surface area contributed by atoms with Crippen LogP contribution in [0.15, 0.2) is 249 Å². The van der Waals surface area contributed by atoms with Crippen LogP contribution < -0.4 is 0 Å². The van der Waals surface area contributed by atoms with Gasteiger partial charge in [0.2, 0.25) is 0 Å². The van der Waals surface area contributed by atoms with Crippen molar-refractivity contribution in [1.82, 2.24) is 4.57 Å². The highest BCUT2D eigenvalue weighted by Crippen LogP contribution is 2.46. The molecule has 0 atom stereocenters. The van der Waals surface area contributed by atoms with Crippen molar-refractivity contribution in [2.24, 2.45) is 0 Å². The highest BCUT2D eigenvalue weighted by molar-refractivity contribution is 6.28. The van der Waals surface area contributed by atoms with Crippen LogP contribution in [0, 0.1) is 0 Å². The van der Waals surface area contributed by atoms with E-state index in [1.165, 1.54) is 180 Å². The molecule has 0 N–H and O–H groups in total. The zero-order chi connectivity index (χ0) is 48.6. The average Bonchev–Trinajstić information content (AvgIpc) is 3.83. The van der Waals surface area contributed by atoms with Crippen LogP contribution in [0.5, 0.6) is 0 Å². The quantitative estimate of drug-likeness (QED) is 0.152. The van der Waals surface area contributed by atoms with Crippen LogP contribution in [0.2, 0.25) is 0 Å². The van der Waals surface area contributed by atoms with Crippen LogP contribution >= 0.6 is 0 Å². The molecule has 0 fully saturated rings. The van der Waals surface area contributed by atoms with Crippen LogP contribution in [0.3, 0.4) is 0 Å². The fraction of sp³-hybridized carbons (Fsp3) is 0. The minimum absolute atomic E-state index is 1.17. The second-order valence-electron chi connectivity index (χ2n) is 21.2. The van der Waals surface area contributed by atoms with Crippen molar-refractivity contribution in [3.05, 3.63) is 249 Å². The highest BCUT2D eigenvalue weighted by atomic mass is 15.0. The number of hydrogen-bond acceptors (Lipinski definition) is 0. The summed E-state index contributed by atoms with van der Waals surface area (Å²) in [6, 6.07) is 94.5. The lowest BCUT2D eigenvalue weighted by Gasteiger charge is -2.15. The van der Waals surface area contributed by atoms with Gasteiger partial charge in [-0.05, 0) is 213 Å². The Morgan fingerprint density at radius 3 is 0.653 bits per heavy atom. The molecule has 0 bridgehead atoms. The summed E-state index contributed by atoms with van der Waals surface area (Å²) >= 11 is 0. The van der Waals surface area contributed by atoms with E-state index in [1.54, 1.807) is 0 Å². The van der Waals surface area contributed by atoms with Crippen LogP contribution in [-0.2, 0) is 0 Å². The van der Waals surface area contributed by atoms with Gasteiger partial charge in [-0.3, -0.25) is 0 Å². The Bertz CT molecular complexity index is 4930. The van der Waals surface area contributed by atoms with Gasteiger partial charge in [0.1, 0.15) is 0 Å². The second kappa shape index (κ2) is 14.4. The van der Waals surface area contributed by atoms with E-state index in [9.17, 15) is 0 Å². The summed E-state index contributed by atoms with van der Waals surface area (Å²) in [6.45, 7) is 0. The molecule has 0 amide bonds. The molecule has 0 spiro atoms. The molecule has 0 aliphatic heterocycles. The third-order valence-corrected chi connectivity index (χ3v) is 17.2. The molecule has 1 heterocycles. The summed E-state index contributed by atoms with van der Waals surface area (Å²) in [5.74, 6) is 0. The molecule has 0 saturated carbocycles. The Morgan fingerprint density at radius 1 is 0.160 bits per heavy atom. The van der Waals surface area contributed by atoms with Crippen molar-refractivity contribution in [2.75, 3.05) is 0 Å². The Balaban J connectivity index is 0.798. The van der Waals surface area contributed by atoms with Gasteiger partial charge < -0.3 is 4.57 Å². The molecule has 1 aromatic heterocycles. The largest absolute Gasteiger partial charge is 0.309 e. The Labute approximate surface area is 430 Å². The van der Waals surface area contributed by atoms with Crippen molar-refractivity contribution in [3.8, 4) is 50.2 Å². The molecule has 75 heavy (non-hydrogen) atoms. The van der Waals surface area contributed by atoms with E-state index in [-0.39, 0.29) is 0 Å². The van der Waals surface area contributed by atoms with Gasteiger partial charge in [-0.15, -0.1) is 0 Å². The zero-order valence-electron chi connectivity index (χ0n) is 40.6. The maximum Gasteiger partial charge on any atom is 0.0553 e. The van der Waals surface area contributed by atoms with Crippen LogP contribution in [0.4, 0.5) is 0 Å². The van der Waals surface area contributed by atoms with Gasteiger partial charge in [0.05, 0.1) is 11.0 Å². The van der Waals surface area contributed by atoms with E-state index in [1.807, 2.05) is 0 Å². The van der Waals surface area contributed by atoms with Crippen LogP contribution in [0.25, 0.3) is 180 Å². The summed E-state index contributed by atoms with van der Waals surface area (Å²) in [5.41, 5.74) is 13.3. The van der Waals surface area contributed by atoms with Gasteiger partial charge in [-0.2, -0.15) is 0 Å². The predicted octanol–water partition coefficient (Wildman–Crippen LogP) is 20.7. The lowest BCUT2D eigenvalue weighted by atomic mass is 9.90. The van der Waals surface area contributed by atoms with Crippen molar-refractivity contribution >= 4 is 130 Å². The van der Waals surface area contributed by atoms with Crippen molar-refractivity contribution in [1.29, 1.82) is 0 Å². The van der Waals surface area contributed by atoms with Gasteiger partial charge in [-0.1, -0.05) is 188 Å². The Kier molecular flexibility index (Phi) is 7.66. The molecule has 0 radical (unpaired) electrons. The number of hydrogen-bond donors (Lipinski definition) is 0. The second-order valence-corrected chi connectivity index (χ2v) is 21.2. The normalized spacial score (nSPS) is 12.5. The first kappa shape index (κ1) is 39.8. The van der Waals surface area contributed by atoms with E-state index in [0.29, 0.717) is 0 Å². The lowest BCUT2D eigenvalue weighted by Crippen LogP contribution is -1.96. The predicted molar refractivity (Wildman–Crippen MR) is 322 cm³/mol. The van der Waals surface area contributed by atoms with E-state index in [4.69, 9.17) is 0 Å². The van der Waals surface area contributed by atoms with Gasteiger partial charge in [0.15, 0.2) is 0 Å². The highest BCUT2D eigenvalue weighted by Gasteiger charge is 2.22. The molecule has 1 nitrogen and oxygen atoms in total. The zero-order valence-corrected chi connectivity index (χ0v) is 40.6. The third kappa shape index (κ3) is 5.56. The first-order valence-corrected chi connectivity index (χ1v) is 26.2. The molecule has 342 valence electrons. The topological polar surface area (TPSA) is 4.93 Å². The Morgan fingerprint density at radius 2 is 0.373 bits per heavy atom. The monoisotopic (exact) mass is 943 g/mol. The minimum atomic E-state index is 1.17. The number of benzene rings is 17. The van der Waals surface area contributed by atoms with Gasteiger partial charge in [0, 0.05) is 16.5 Å². The summed E-state index contributed by atoms with van der Waals surface area (Å²) in [7, 11) is 0. The summed E-state index contributed by atoms with van der Waals surface area (Å²) in [6.07, 6.45) is 0. The molecule has 0 unspecified atom stereocenters. The van der Waals surface area contributed by atoms with Gasteiger partial charge in [-0.25, -0.2) is 0 Å². The molecule has 18 aromatic rings. The third-order valence-electron chi connectivity index (χ3n) is 17.2. The van der Waals surface area contributed by atoms with E-state index in [2.05, 4.69) is 253 Å². The lowest BCUT2D eigenvalue weighted by molar-refractivity contribution is 1.19. The maximum atomic E-state index is 2.56. The molecule has 0 saturated heterocycles. The molecule has 0 aliphatic carbocycles. The minimum Gasteiger partial charge on any atom is -0.309 e. The van der Waals surface area contributed by atoms with Crippen LogP contribution in [0.1, 0.15) is 0 Å². The Hall–Kier alpha value is -9.82.